The van der Waals surface area contributed by atoms with E-state index in [0.29, 0.717) is 19.3 Å². The Morgan fingerprint density at radius 3 is 2.50 bits per heavy atom. The fraction of sp³-hybridized carbons (Fsp3) is 0.316. The van der Waals surface area contributed by atoms with E-state index in [9.17, 15) is 4.39 Å². The minimum absolute atomic E-state index is 0.219. The van der Waals surface area contributed by atoms with Gasteiger partial charge in [0.2, 0.25) is 0 Å². The highest BCUT2D eigenvalue weighted by molar-refractivity contribution is 7.71. The molecule has 0 aliphatic heterocycles. The van der Waals surface area contributed by atoms with E-state index in [2.05, 4.69) is 14.5 Å². The number of benzene rings is 1. The van der Waals surface area contributed by atoms with Crippen LogP contribution in [0.2, 0.25) is 0 Å². The highest BCUT2D eigenvalue weighted by Crippen LogP contribution is 2.38. The summed E-state index contributed by atoms with van der Waals surface area (Å²) in [4.78, 5) is 6.20. The molecule has 134 valence electrons. The Hall–Kier alpha value is -2.38. The van der Waals surface area contributed by atoms with Gasteiger partial charge in [0, 0.05) is 30.5 Å². The van der Waals surface area contributed by atoms with Crippen LogP contribution in [0, 0.1) is 10.6 Å². The smallest absolute Gasteiger partial charge is 0.199 e. The van der Waals surface area contributed by atoms with Crippen molar-refractivity contribution in [2.24, 2.45) is 0 Å². The van der Waals surface area contributed by atoms with Crippen LogP contribution in [0.3, 0.4) is 0 Å². The molecule has 7 heteroatoms. The zero-order valence-electron chi connectivity index (χ0n) is 14.5. The SMILES string of the molecule is CN(Cc1ccc(F)cc1)Cn1nc(-c2ccncc2)n(C2CC2)c1=S. The second-order valence-corrected chi connectivity index (χ2v) is 7.09. The van der Waals surface area contributed by atoms with Gasteiger partial charge in [-0.05, 0) is 61.9 Å². The van der Waals surface area contributed by atoms with Gasteiger partial charge in [-0.2, -0.15) is 5.10 Å². The van der Waals surface area contributed by atoms with Crippen molar-refractivity contribution in [1.82, 2.24) is 24.2 Å². The van der Waals surface area contributed by atoms with Crippen LogP contribution >= 0.6 is 12.2 Å². The Morgan fingerprint density at radius 2 is 1.85 bits per heavy atom. The molecule has 4 rings (SSSR count). The van der Waals surface area contributed by atoms with Gasteiger partial charge in [0.15, 0.2) is 10.6 Å². The van der Waals surface area contributed by atoms with E-state index in [1.54, 1.807) is 24.5 Å². The topological polar surface area (TPSA) is 38.9 Å². The van der Waals surface area contributed by atoms with E-state index in [-0.39, 0.29) is 5.82 Å². The van der Waals surface area contributed by atoms with E-state index in [1.165, 1.54) is 12.1 Å². The second-order valence-electron chi connectivity index (χ2n) is 6.72. The monoisotopic (exact) mass is 369 g/mol. The lowest BCUT2D eigenvalue weighted by molar-refractivity contribution is 0.243. The van der Waals surface area contributed by atoms with Crippen LogP contribution in [-0.2, 0) is 13.2 Å². The van der Waals surface area contributed by atoms with Crippen molar-refractivity contribution in [1.29, 1.82) is 0 Å². The summed E-state index contributed by atoms with van der Waals surface area (Å²) in [5.41, 5.74) is 2.08. The Balaban J connectivity index is 1.58. The van der Waals surface area contributed by atoms with Crippen LogP contribution < -0.4 is 0 Å². The third-order valence-electron chi connectivity index (χ3n) is 4.46. The van der Waals surface area contributed by atoms with Crippen molar-refractivity contribution in [2.45, 2.75) is 32.1 Å². The van der Waals surface area contributed by atoms with Crippen LogP contribution in [0.4, 0.5) is 4.39 Å². The van der Waals surface area contributed by atoms with Crippen molar-refractivity contribution in [3.8, 4) is 11.4 Å². The zero-order chi connectivity index (χ0) is 18.1. The summed E-state index contributed by atoms with van der Waals surface area (Å²) in [5, 5.41) is 4.78. The summed E-state index contributed by atoms with van der Waals surface area (Å²) < 4.78 is 17.8. The van der Waals surface area contributed by atoms with E-state index in [4.69, 9.17) is 17.3 Å². The molecule has 0 radical (unpaired) electrons. The predicted molar refractivity (Wildman–Crippen MR) is 100 cm³/mol. The van der Waals surface area contributed by atoms with Crippen LogP contribution in [0.25, 0.3) is 11.4 Å². The lowest BCUT2D eigenvalue weighted by Gasteiger charge is -2.16. The molecular weight excluding hydrogens is 349 g/mol. The van der Waals surface area contributed by atoms with Gasteiger partial charge in [0.05, 0.1) is 6.67 Å². The van der Waals surface area contributed by atoms with E-state index in [0.717, 1.165) is 34.6 Å². The largest absolute Gasteiger partial charge is 0.297 e. The summed E-state index contributed by atoms with van der Waals surface area (Å²) in [6.07, 6.45) is 5.83. The molecule has 0 N–H and O–H groups in total. The molecule has 5 nitrogen and oxygen atoms in total. The molecule has 1 aliphatic rings. The van der Waals surface area contributed by atoms with Crippen molar-refractivity contribution < 1.29 is 4.39 Å². The first-order valence-corrected chi connectivity index (χ1v) is 9.05. The first kappa shape index (κ1) is 17.1. The minimum atomic E-state index is -0.219. The second kappa shape index (κ2) is 7.09. The number of aromatic nitrogens is 4. The lowest BCUT2D eigenvalue weighted by Crippen LogP contribution is -2.22. The third-order valence-corrected chi connectivity index (χ3v) is 4.87. The highest BCUT2D eigenvalue weighted by Gasteiger charge is 2.29. The maximum atomic E-state index is 13.1. The van der Waals surface area contributed by atoms with Gasteiger partial charge in [-0.1, -0.05) is 12.1 Å². The quantitative estimate of drug-likeness (QED) is 0.615. The Morgan fingerprint density at radius 1 is 1.15 bits per heavy atom. The van der Waals surface area contributed by atoms with Crippen LogP contribution in [0.1, 0.15) is 24.4 Å². The van der Waals surface area contributed by atoms with Crippen molar-refractivity contribution in [3.63, 3.8) is 0 Å². The number of hydrogen-bond donors (Lipinski definition) is 0. The average Bonchev–Trinajstić information content (AvgIpc) is 3.43. The first-order chi connectivity index (χ1) is 12.6. The van der Waals surface area contributed by atoms with Gasteiger partial charge in [0.1, 0.15) is 5.82 Å². The predicted octanol–water partition coefficient (Wildman–Crippen LogP) is 4.04. The fourth-order valence-electron chi connectivity index (χ4n) is 3.05. The summed E-state index contributed by atoms with van der Waals surface area (Å²) in [6, 6.07) is 10.9. The van der Waals surface area contributed by atoms with Crippen molar-refractivity contribution in [3.05, 3.63) is 64.9 Å². The summed E-state index contributed by atoms with van der Waals surface area (Å²) in [6.45, 7) is 1.27. The molecule has 1 saturated carbocycles. The summed E-state index contributed by atoms with van der Waals surface area (Å²) in [5.74, 6) is 0.680. The van der Waals surface area contributed by atoms with Crippen LogP contribution in [-0.4, -0.2) is 31.3 Å². The molecule has 0 unspecified atom stereocenters. The Kier molecular flexibility index (Phi) is 4.65. The van der Waals surface area contributed by atoms with E-state index >= 15 is 0 Å². The molecule has 2 aromatic heterocycles. The first-order valence-electron chi connectivity index (χ1n) is 8.64. The summed E-state index contributed by atoms with van der Waals surface area (Å²) in [7, 11) is 2.01. The number of halogens is 1. The molecule has 0 amide bonds. The van der Waals surface area contributed by atoms with E-state index < -0.39 is 0 Å². The maximum absolute atomic E-state index is 13.1. The standard InChI is InChI=1S/C19H20FN5S/c1-23(12-14-2-4-16(20)5-3-14)13-24-19(26)25(17-6-7-17)18(22-24)15-8-10-21-11-9-15/h2-5,8-11,17H,6-7,12-13H2,1H3. The van der Waals surface area contributed by atoms with E-state index in [1.807, 2.05) is 23.9 Å². The molecule has 1 aliphatic carbocycles. The minimum Gasteiger partial charge on any atom is -0.297 e. The molecular formula is C19H20FN5S. The summed E-state index contributed by atoms with van der Waals surface area (Å²) >= 11 is 5.70. The van der Waals surface area contributed by atoms with Gasteiger partial charge >= 0.3 is 0 Å². The fourth-order valence-corrected chi connectivity index (χ4v) is 3.39. The lowest BCUT2D eigenvalue weighted by atomic mass is 10.2. The molecule has 0 saturated heterocycles. The molecule has 2 heterocycles. The Bertz CT molecular complexity index is 944. The number of rotatable bonds is 6. The number of pyridine rings is 1. The van der Waals surface area contributed by atoms with Crippen LogP contribution in [0.5, 0.6) is 0 Å². The zero-order valence-corrected chi connectivity index (χ0v) is 15.4. The third kappa shape index (κ3) is 3.59. The normalized spacial score (nSPS) is 14.1. The average molecular weight is 369 g/mol. The highest BCUT2D eigenvalue weighted by atomic mass is 32.1. The molecule has 0 spiro atoms. The van der Waals surface area contributed by atoms with Gasteiger partial charge < -0.3 is 0 Å². The molecule has 1 fully saturated rings. The molecule has 0 atom stereocenters. The number of nitrogens with zero attached hydrogens (tertiary/aromatic N) is 5. The van der Waals surface area contributed by atoms with Gasteiger partial charge in [-0.15, -0.1) is 0 Å². The Labute approximate surface area is 156 Å². The number of hydrogen-bond acceptors (Lipinski definition) is 4. The van der Waals surface area contributed by atoms with Crippen molar-refractivity contribution in [2.75, 3.05) is 7.05 Å². The molecule has 0 bridgehead atoms. The van der Waals surface area contributed by atoms with Crippen molar-refractivity contribution >= 4 is 12.2 Å². The van der Waals surface area contributed by atoms with Gasteiger partial charge in [0.25, 0.3) is 0 Å². The van der Waals surface area contributed by atoms with Gasteiger partial charge in [-0.25, -0.2) is 9.07 Å². The maximum Gasteiger partial charge on any atom is 0.199 e. The van der Waals surface area contributed by atoms with Crippen LogP contribution in [0.15, 0.2) is 48.8 Å². The van der Waals surface area contributed by atoms with Gasteiger partial charge in [-0.3, -0.25) is 14.5 Å². The molecule has 26 heavy (non-hydrogen) atoms. The molecule has 1 aromatic carbocycles. The molecule has 3 aromatic rings.